The van der Waals surface area contributed by atoms with E-state index < -0.39 is 0 Å². The summed E-state index contributed by atoms with van der Waals surface area (Å²) in [4.78, 5) is 0. The van der Waals surface area contributed by atoms with Crippen LogP contribution in [0.4, 0.5) is 0 Å². The van der Waals surface area contributed by atoms with Crippen LogP contribution in [0.5, 0.6) is 11.5 Å². The minimum Gasteiger partial charge on any atom is -0.490 e. The van der Waals surface area contributed by atoms with E-state index in [1.165, 1.54) is 27.8 Å². The summed E-state index contributed by atoms with van der Waals surface area (Å²) in [6.07, 6.45) is 2.46. The van der Waals surface area contributed by atoms with Crippen molar-refractivity contribution >= 4 is 23.0 Å². The lowest BCUT2D eigenvalue weighted by Gasteiger charge is -2.29. The zero-order valence-corrected chi connectivity index (χ0v) is 17.8. The summed E-state index contributed by atoms with van der Waals surface area (Å²) in [6, 6.07) is 10.3. The van der Waals surface area contributed by atoms with E-state index in [0.717, 1.165) is 24.3 Å². The number of hydrogen-bond donors (Lipinski definition) is 0. The zero-order chi connectivity index (χ0) is 18.4. The van der Waals surface area contributed by atoms with Crippen molar-refractivity contribution in [2.24, 2.45) is 0 Å². The summed E-state index contributed by atoms with van der Waals surface area (Å²) in [6.45, 7) is 9.18. The summed E-state index contributed by atoms with van der Waals surface area (Å²) in [7, 11) is 1.61. The van der Waals surface area contributed by atoms with Crippen LogP contribution in [-0.2, 0) is 16.1 Å². The average Bonchev–Trinajstić information content (AvgIpc) is 2.61. The minimum atomic E-state index is 0.307. The van der Waals surface area contributed by atoms with Crippen LogP contribution in [0.15, 0.2) is 30.3 Å². The molecule has 1 aliphatic heterocycles. The Morgan fingerprint density at radius 1 is 1.08 bits per heavy atom. The van der Waals surface area contributed by atoms with Crippen molar-refractivity contribution in [3.63, 3.8) is 0 Å². The first kappa shape index (κ1) is 20.0. The highest BCUT2D eigenvalue weighted by Gasteiger charge is 2.24. The topological polar surface area (TPSA) is 27.7 Å². The molecule has 2 aromatic rings. The summed E-state index contributed by atoms with van der Waals surface area (Å²) >= 11 is 1.79. The molecule has 136 valence electrons. The molecular weight excluding hydrogens is 427 g/mol. The van der Waals surface area contributed by atoms with Crippen molar-refractivity contribution in [3.05, 3.63) is 58.1 Å². The second kappa shape index (κ2) is 9.43. The standard InChI is InChI=1S/C20H24O2.CH3IO/c1-13-10-11-18-16(4)19(14(2)15(3)20(18)22-13)21-12-17-8-6-5-7-9-17;1-3-2/h5-9,13H,10-12H2,1-4H3;1H3. The molecule has 0 bridgehead atoms. The first-order valence-electron chi connectivity index (χ1n) is 8.60. The molecule has 3 rings (SSSR count). The number of hydrogen-bond acceptors (Lipinski definition) is 3. The second-order valence-electron chi connectivity index (χ2n) is 6.41. The number of benzene rings is 2. The van der Waals surface area contributed by atoms with Crippen LogP contribution in [0.25, 0.3) is 0 Å². The Balaban J connectivity index is 0.000000701. The Bertz CT molecular complexity index is 698. The van der Waals surface area contributed by atoms with Gasteiger partial charge in [-0.2, -0.15) is 0 Å². The quantitative estimate of drug-likeness (QED) is 0.542. The van der Waals surface area contributed by atoms with Gasteiger partial charge in [0.05, 0.1) is 6.10 Å². The Kier molecular flexibility index (Phi) is 7.56. The number of fused-ring (bicyclic) bond motifs is 1. The van der Waals surface area contributed by atoms with Crippen molar-refractivity contribution in [2.45, 2.75) is 53.2 Å². The molecule has 1 unspecified atom stereocenters. The van der Waals surface area contributed by atoms with Gasteiger partial charge in [0.25, 0.3) is 0 Å². The lowest BCUT2D eigenvalue weighted by atomic mass is 9.92. The molecular formula is C21H27IO3. The van der Waals surface area contributed by atoms with Gasteiger partial charge in [0.1, 0.15) is 41.1 Å². The van der Waals surface area contributed by atoms with Crippen molar-refractivity contribution in [3.8, 4) is 11.5 Å². The Hall–Kier alpha value is -1.27. The third-order valence-electron chi connectivity index (χ3n) is 4.66. The van der Waals surface area contributed by atoms with Crippen LogP contribution in [0.3, 0.4) is 0 Å². The van der Waals surface area contributed by atoms with Gasteiger partial charge >= 0.3 is 0 Å². The normalized spacial score (nSPS) is 15.5. The number of rotatable bonds is 3. The highest BCUT2D eigenvalue weighted by atomic mass is 127. The maximum atomic E-state index is 6.17. The molecule has 0 fully saturated rings. The maximum Gasteiger partial charge on any atom is 0.126 e. The summed E-state index contributed by atoms with van der Waals surface area (Å²) in [5.74, 6) is 2.11. The largest absolute Gasteiger partial charge is 0.490 e. The van der Waals surface area contributed by atoms with Crippen LogP contribution in [0.2, 0.25) is 0 Å². The van der Waals surface area contributed by atoms with Crippen LogP contribution in [0, 0.1) is 20.8 Å². The molecule has 1 heterocycles. The molecule has 2 aromatic carbocycles. The van der Waals surface area contributed by atoms with Crippen molar-refractivity contribution in [2.75, 3.05) is 7.11 Å². The Labute approximate surface area is 165 Å². The van der Waals surface area contributed by atoms with Gasteiger partial charge < -0.3 is 12.5 Å². The van der Waals surface area contributed by atoms with Gasteiger partial charge in [0.15, 0.2) is 0 Å². The maximum absolute atomic E-state index is 6.17. The van der Waals surface area contributed by atoms with Gasteiger partial charge in [-0.1, -0.05) is 30.3 Å². The Morgan fingerprint density at radius 3 is 2.36 bits per heavy atom. The third-order valence-corrected chi connectivity index (χ3v) is 4.66. The fourth-order valence-corrected chi connectivity index (χ4v) is 3.17. The fourth-order valence-electron chi connectivity index (χ4n) is 3.17. The first-order chi connectivity index (χ1) is 12.0. The minimum absolute atomic E-state index is 0.307. The molecule has 0 spiro atoms. The van der Waals surface area contributed by atoms with E-state index in [4.69, 9.17) is 9.47 Å². The Morgan fingerprint density at radius 2 is 1.72 bits per heavy atom. The lowest BCUT2D eigenvalue weighted by Crippen LogP contribution is -2.21. The van der Waals surface area contributed by atoms with Crippen molar-refractivity contribution in [1.82, 2.24) is 0 Å². The summed E-state index contributed by atoms with van der Waals surface area (Å²) < 4.78 is 16.5. The van der Waals surface area contributed by atoms with E-state index in [0.29, 0.717) is 12.7 Å². The number of ether oxygens (including phenoxy) is 2. The molecule has 0 saturated heterocycles. The molecule has 0 radical (unpaired) electrons. The third kappa shape index (κ3) is 4.88. The van der Waals surface area contributed by atoms with E-state index in [-0.39, 0.29) is 0 Å². The van der Waals surface area contributed by atoms with Gasteiger partial charge in [-0.05, 0) is 62.8 Å². The summed E-state index contributed by atoms with van der Waals surface area (Å²) in [5.41, 5.74) is 6.17. The van der Waals surface area contributed by atoms with Crippen LogP contribution in [-0.4, -0.2) is 13.2 Å². The monoisotopic (exact) mass is 454 g/mol. The van der Waals surface area contributed by atoms with E-state index in [1.54, 1.807) is 30.1 Å². The predicted octanol–water partition coefficient (Wildman–Crippen LogP) is 5.89. The van der Waals surface area contributed by atoms with Gasteiger partial charge in [-0.3, -0.25) is 0 Å². The molecule has 4 heteroatoms. The SMILES string of the molecule is COI.Cc1c(C)c2c(c(C)c1OCc1ccccc1)CCC(C)O2. The van der Waals surface area contributed by atoms with Gasteiger partial charge in [0, 0.05) is 12.7 Å². The van der Waals surface area contributed by atoms with Gasteiger partial charge in [-0.25, -0.2) is 0 Å². The van der Waals surface area contributed by atoms with E-state index in [1.807, 2.05) is 18.2 Å². The van der Waals surface area contributed by atoms with Crippen LogP contribution < -0.4 is 9.47 Å². The lowest BCUT2D eigenvalue weighted by molar-refractivity contribution is 0.189. The van der Waals surface area contributed by atoms with Gasteiger partial charge in [-0.15, -0.1) is 0 Å². The predicted molar refractivity (Wildman–Crippen MR) is 111 cm³/mol. The van der Waals surface area contributed by atoms with E-state index in [9.17, 15) is 0 Å². The van der Waals surface area contributed by atoms with E-state index in [2.05, 4.69) is 42.9 Å². The van der Waals surface area contributed by atoms with Gasteiger partial charge in [0.2, 0.25) is 0 Å². The molecule has 0 N–H and O–H groups in total. The molecule has 3 nitrogen and oxygen atoms in total. The van der Waals surface area contributed by atoms with Crippen molar-refractivity contribution < 1.29 is 12.5 Å². The molecule has 1 atom stereocenters. The molecule has 1 aliphatic rings. The molecule has 0 amide bonds. The molecule has 0 saturated carbocycles. The second-order valence-corrected chi connectivity index (χ2v) is 7.29. The smallest absolute Gasteiger partial charge is 0.126 e. The van der Waals surface area contributed by atoms with Crippen LogP contribution in [0.1, 0.15) is 41.2 Å². The highest BCUT2D eigenvalue weighted by molar-refractivity contribution is 14.1. The fraction of sp³-hybridized carbons (Fsp3) is 0.429. The highest BCUT2D eigenvalue weighted by Crippen LogP contribution is 2.41. The van der Waals surface area contributed by atoms with Crippen LogP contribution >= 0.6 is 23.0 Å². The average molecular weight is 454 g/mol. The van der Waals surface area contributed by atoms with Crippen molar-refractivity contribution in [1.29, 1.82) is 0 Å². The molecule has 25 heavy (non-hydrogen) atoms. The number of halogens is 1. The summed E-state index contributed by atoms with van der Waals surface area (Å²) in [5, 5.41) is 0. The molecule has 0 aliphatic carbocycles. The van der Waals surface area contributed by atoms with E-state index >= 15 is 0 Å². The first-order valence-corrected chi connectivity index (χ1v) is 9.48. The molecule has 0 aromatic heterocycles. The zero-order valence-electron chi connectivity index (χ0n) is 15.7.